The van der Waals surface area contributed by atoms with Gasteiger partial charge in [-0.05, 0) is 6.92 Å². The molecule has 1 aliphatic heterocycles. The lowest BCUT2D eigenvalue weighted by Gasteiger charge is -2.29. The summed E-state index contributed by atoms with van der Waals surface area (Å²) < 4.78 is 45.5. The highest BCUT2D eigenvalue weighted by Gasteiger charge is 2.42. The van der Waals surface area contributed by atoms with Crippen LogP contribution >= 0.6 is 0 Å². The van der Waals surface area contributed by atoms with E-state index in [2.05, 4.69) is 15.4 Å². The second-order valence-electron chi connectivity index (χ2n) is 3.97. The van der Waals surface area contributed by atoms with Gasteiger partial charge in [0.05, 0.1) is 20.3 Å². The Bertz CT molecular complexity index is 505. The van der Waals surface area contributed by atoms with Crippen LogP contribution in [0.4, 0.5) is 8.63 Å². The molecule has 2 rings (SSSR count). The molecule has 0 amide bonds. The summed E-state index contributed by atoms with van der Waals surface area (Å²) in [5, 5.41) is 0. The third kappa shape index (κ3) is 2.94. The zero-order valence-electron chi connectivity index (χ0n) is 10.8. The van der Waals surface area contributed by atoms with Gasteiger partial charge in [0.2, 0.25) is 0 Å². The van der Waals surface area contributed by atoms with E-state index < -0.39 is 13.2 Å². The molecule has 0 N–H and O–H groups in total. The number of halogens is 2. The molecule has 1 aromatic rings. The molecule has 1 heterocycles. The van der Waals surface area contributed by atoms with E-state index in [0.717, 1.165) is 0 Å². The van der Waals surface area contributed by atoms with Crippen molar-refractivity contribution in [1.29, 1.82) is 0 Å². The number of methoxy groups -OCH3 is 2. The molecule has 0 bridgehead atoms. The Morgan fingerprint density at radius 1 is 1.21 bits per heavy atom. The number of ether oxygens (including phenoxy) is 2. The Morgan fingerprint density at radius 2 is 1.89 bits per heavy atom. The average Bonchev–Trinajstić information content (AvgIpc) is 2.35. The van der Waals surface area contributed by atoms with E-state index in [0.29, 0.717) is 17.1 Å². The largest absolute Gasteiger partial charge is 0.668 e. The third-order valence-corrected chi connectivity index (χ3v) is 2.60. The molecule has 1 aromatic carbocycles. The van der Waals surface area contributed by atoms with Crippen LogP contribution in [-0.2, 0) is 9.31 Å². The molecule has 0 radical (unpaired) electrons. The van der Waals surface area contributed by atoms with Crippen molar-refractivity contribution >= 4 is 12.9 Å². The summed E-state index contributed by atoms with van der Waals surface area (Å²) >= 11 is 0. The maximum absolute atomic E-state index is 13.2. The van der Waals surface area contributed by atoms with E-state index in [-0.39, 0.29) is 5.76 Å². The minimum atomic E-state index is -4.32. The number of benzene rings is 1. The minimum Gasteiger partial charge on any atom is -0.601 e. The molecule has 0 saturated carbocycles. The normalized spacial score (nSPS) is 20.9. The van der Waals surface area contributed by atoms with Crippen molar-refractivity contribution < 1.29 is 27.4 Å². The Kier molecular flexibility index (Phi) is 3.60. The van der Waals surface area contributed by atoms with E-state index in [4.69, 9.17) is 9.47 Å². The molecule has 7 heteroatoms. The highest BCUT2D eigenvalue weighted by atomic mass is 19.3. The molecular formula is C12H13BF2O4. The van der Waals surface area contributed by atoms with Crippen LogP contribution in [0.2, 0.25) is 0 Å². The first kappa shape index (κ1) is 13.6. The summed E-state index contributed by atoms with van der Waals surface area (Å²) in [5.41, 5.74) is 0.425. The van der Waals surface area contributed by atoms with Gasteiger partial charge < -0.3 is 27.4 Å². The molecule has 0 aromatic heterocycles. The van der Waals surface area contributed by atoms with Gasteiger partial charge in [-0.3, -0.25) is 0 Å². The first-order valence-electron chi connectivity index (χ1n) is 5.68. The fourth-order valence-corrected chi connectivity index (χ4v) is 1.78. The van der Waals surface area contributed by atoms with Crippen LogP contribution in [0.3, 0.4) is 0 Å². The zero-order valence-corrected chi connectivity index (χ0v) is 10.8. The van der Waals surface area contributed by atoms with E-state index in [1.54, 1.807) is 18.2 Å². The van der Waals surface area contributed by atoms with Crippen molar-refractivity contribution in [2.75, 3.05) is 14.2 Å². The van der Waals surface area contributed by atoms with Crippen molar-refractivity contribution in [2.24, 2.45) is 0 Å². The maximum atomic E-state index is 13.2. The highest BCUT2D eigenvalue weighted by Crippen LogP contribution is 2.34. The predicted molar refractivity (Wildman–Crippen MR) is 65.8 cm³/mol. The van der Waals surface area contributed by atoms with Gasteiger partial charge in [-0.25, -0.2) is 0 Å². The number of hydrogen-bond acceptors (Lipinski definition) is 4. The summed E-state index contributed by atoms with van der Waals surface area (Å²) in [5.74, 6) is 0.877. The lowest BCUT2D eigenvalue weighted by molar-refractivity contribution is 0.0905. The molecule has 0 fully saturated rings. The second-order valence-corrected chi connectivity index (χ2v) is 3.97. The first-order chi connectivity index (χ1) is 8.95. The quantitative estimate of drug-likeness (QED) is 0.625. The van der Waals surface area contributed by atoms with Crippen LogP contribution in [0.1, 0.15) is 12.5 Å². The second kappa shape index (κ2) is 5.03. The number of rotatable bonds is 3. The summed E-state index contributed by atoms with van der Waals surface area (Å²) in [4.78, 5) is 0. The smallest absolute Gasteiger partial charge is 0.601 e. The van der Waals surface area contributed by atoms with Crippen LogP contribution in [-0.4, -0.2) is 27.4 Å². The van der Waals surface area contributed by atoms with Crippen LogP contribution in [0.25, 0.3) is 5.76 Å². The Hall–Kier alpha value is -1.85. The Morgan fingerprint density at radius 3 is 2.47 bits per heavy atom. The summed E-state index contributed by atoms with van der Waals surface area (Å²) in [7, 11) is -1.36. The van der Waals surface area contributed by atoms with Gasteiger partial charge in [0.1, 0.15) is 6.08 Å². The molecule has 0 spiro atoms. The SMILES string of the molecule is COc1ccc(C2=[C+]C(C)O[B-](F)(F)O2)cc1OC. The zero-order chi connectivity index (χ0) is 14.0. The van der Waals surface area contributed by atoms with Crippen molar-refractivity contribution in [2.45, 2.75) is 13.0 Å². The summed E-state index contributed by atoms with van der Waals surface area (Å²) in [6.07, 6.45) is 1.85. The van der Waals surface area contributed by atoms with E-state index in [1.807, 2.05) is 0 Å². The Labute approximate surface area is 110 Å². The standard InChI is InChI=1S/C12H13BF2O4/c1-8-6-11(19-13(14,15)18-8)9-4-5-10(16-2)12(7-9)17-3/h4-5,7-8H,1-3H3. The van der Waals surface area contributed by atoms with Gasteiger partial charge in [-0.15, -0.1) is 0 Å². The Balaban J connectivity index is 2.36. The van der Waals surface area contributed by atoms with Gasteiger partial charge >= 0.3 is 12.9 Å². The topological polar surface area (TPSA) is 36.9 Å². The summed E-state index contributed by atoms with van der Waals surface area (Å²) in [6, 6.07) is 4.75. The molecule has 0 aliphatic carbocycles. The average molecular weight is 270 g/mol. The van der Waals surface area contributed by atoms with Crippen LogP contribution < -0.4 is 9.47 Å². The van der Waals surface area contributed by atoms with E-state index >= 15 is 0 Å². The van der Waals surface area contributed by atoms with Gasteiger partial charge in [0.15, 0.2) is 23.2 Å². The van der Waals surface area contributed by atoms with E-state index in [1.165, 1.54) is 21.1 Å². The first-order valence-corrected chi connectivity index (χ1v) is 5.68. The predicted octanol–water partition coefficient (Wildman–Crippen LogP) is 2.66. The molecule has 4 nitrogen and oxygen atoms in total. The lowest BCUT2D eigenvalue weighted by atomic mass is 10.0. The third-order valence-electron chi connectivity index (χ3n) is 2.60. The van der Waals surface area contributed by atoms with Gasteiger partial charge in [-0.2, -0.15) is 0 Å². The molecule has 19 heavy (non-hydrogen) atoms. The van der Waals surface area contributed by atoms with Gasteiger partial charge in [0, 0.05) is 12.1 Å². The monoisotopic (exact) mass is 270 g/mol. The molecule has 1 aliphatic rings. The molecule has 1 atom stereocenters. The minimum absolute atomic E-state index is 0.0512. The van der Waals surface area contributed by atoms with Crippen LogP contribution in [0, 0.1) is 6.08 Å². The summed E-state index contributed by atoms with van der Waals surface area (Å²) in [6.45, 7) is 1.47. The van der Waals surface area contributed by atoms with E-state index in [9.17, 15) is 8.63 Å². The van der Waals surface area contributed by atoms with Crippen molar-refractivity contribution in [1.82, 2.24) is 0 Å². The lowest BCUT2D eigenvalue weighted by Crippen LogP contribution is -2.38. The molecule has 1 unspecified atom stereocenters. The van der Waals surface area contributed by atoms with Crippen molar-refractivity contribution in [3.63, 3.8) is 0 Å². The highest BCUT2D eigenvalue weighted by molar-refractivity contribution is 6.53. The molecule has 102 valence electrons. The maximum Gasteiger partial charge on any atom is 0.668 e. The fourth-order valence-electron chi connectivity index (χ4n) is 1.78. The van der Waals surface area contributed by atoms with Crippen molar-refractivity contribution in [3.05, 3.63) is 29.8 Å². The fraction of sp³-hybridized carbons (Fsp3) is 0.333. The molecule has 0 saturated heterocycles. The van der Waals surface area contributed by atoms with Crippen LogP contribution in [0.15, 0.2) is 18.2 Å². The van der Waals surface area contributed by atoms with Gasteiger partial charge in [0.25, 0.3) is 0 Å². The molecular weight excluding hydrogens is 257 g/mol. The van der Waals surface area contributed by atoms with Crippen LogP contribution in [0.5, 0.6) is 11.5 Å². The number of hydrogen-bond donors (Lipinski definition) is 0. The van der Waals surface area contributed by atoms with Crippen molar-refractivity contribution in [3.8, 4) is 11.5 Å². The van der Waals surface area contributed by atoms with Gasteiger partial charge in [-0.1, -0.05) is 0 Å².